The first-order valence-electron chi connectivity index (χ1n) is 12.2. The van der Waals surface area contributed by atoms with E-state index in [1.807, 2.05) is 72.2 Å². The molecule has 1 heterocycles. The number of nitrogens with zero attached hydrogens (tertiary/aromatic N) is 4. The van der Waals surface area contributed by atoms with Crippen LogP contribution in [-0.4, -0.2) is 33.3 Å². The van der Waals surface area contributed by atoms with Gasteiger partial charge in [0.2, 0.25) is 6.54 Å². The maximum atomic E-state index is 11.6. The predicted molar refractivity (Wildman–Crippen MR) is 156 cm³/mol. The maximum Gasteiger partial charge on any atom is 0.220 e. The Labute approximate surface area is 238 Å². The highest BCUT2D eigenvalue weighted by Gasteiger charge is 2.24. The van der Waals surface area contributed by atoms with Crippen LogP contribution in [0.4, 0.5) is 0 Å². The normalized spacial score (nSPS) is 11.9. The summed E-state index contributed by atoms with van der Waals surface area (Å²) in [4.78, 5) is 11.3. The number of rotatable bonds is 10. The largest absolute Gasteiger partial charge is 0.497 e. The van der Waals surface area contributed by atoms with Crippen LogP contribution in [-0.2, 0) is 6.61 Å². The van der Waals surface area contributed by atoms with Crippen molar-refractivity contribution in [2.45, 2.75) is 23.9 Å². The lowest BCUT2D eigenvalue weighted by molar-refractivity contribution is -0.479. The number of aryl methyl sites for hydroxylation is 1. The SMILES string of the molecule is COc1ccc(-n2c(C)nnc2S[C@@H](C[N+](=O)[O-])c2ccc(OCc3cccc4ccccc34)c(Br)c2)cc1. The van der Waals surface area contributed by atoms with Gasteiger partial charge in [-0.25, -0.2) is 0 Å². The summed E-state index contributed by atoms with van der Waals surface area (Å²) in [5, 5.41) is 22.5. The van der Waals surface area contributed by atoms with Gasteiger partial charge in [0.05, 0.1) is 11.6 Å². The van der Waals surface area contributed by atoms with Gasteiger partial charge in [-0.05, 0) is 81.2 Å². The van der Waals surface area contributed by atoms with E-state index in [9.17, 15) is 10.1 Å². The molecule has 10 heteroatoms. The zero-order valence-electron chi connectivity index (χ0n) is 21.3. The molecule has 0 aliphatic carbocycles. The summed E-state index contributed by atoms with van der Waals surface area (Å²) < 4.78 is 14.0. The molecule has 39 heavy (non-hydrogen) atoms. The number of halogens is 1. The van der Waals surface area contributed by atoms with Crippen molar-refractivity contribution in [1.29, 1.82) is 0 Å². The van der Waals surface area contributed by atoms with Crippen molar-refractivity contribution in [2.75, 3.05) is 13.7 Å². The third kappa shape index (κ3) is 6.07. The molecule has 0 radical (unpaired) electrons. The topological polar surface area (TPSA) is 92.3 Å². The maximum absolute atomic E-state index is 11.6. The van der Waals surface area contributed by atoms with E-state index in [4.69, 9.17) is 9.47 Å². The van der Waals surface area contributed by atoms with Crippen molar-refractivity contribution in [3.63, 3.8) is 0 Å². The zero-order chi connectivity index (χ0) is 27.4. The first-order valence-corrected chi connectivity index (χ1v) is 13.8. The van der Waals surface area contributed by atoms with E-state index in [1.165, 1.54) is 11.8 Å². The summed E-state index contributed by atoms with van der Waals surface area (Å²) in [7, 11) is 1.61. The number of hydrogen-bond donors (Lipinski definition) is 0. The minimum absolute atomic E-state index is 0.276. The standard InChI is InChI=1S/C29H25BrN4O4S/c1-19-31-32-29(34(19)23-11-13-24(37-2)14-12-23)39-28(17-33(35)36)21-10-15-27(26(30)16-21)38-18-22-8-5-7-20-6-3-4-9-25(20)22/h3-16,28H,17-18H2,1-2H3/t28-/m0/s1. The molecule has 0 fully saturated rings. The number of hydrogen-bond acceptors (Lipinski definition) is 7. The Balaban J connectivity index is 1.38. The van der Waals surface area contributed by atoms with Crippen molar-refractivity contribution in [3.8, 4) is 17.2 Å². The number of benzene rings is 4. The molecule has 0 aliphatic heterocycles. The number of aromatic nitrogens is 3. The molecule has 4 aromatic carbocycles. The van der Waals surface area contributed by atoms with E-state index in [0.29, 0.717) is 23.3 Å². The van der Waals surface area contributed by atoms with Crippen LogP contribution in [0.25, 0.3) is 16.5 Å². The van der Waals surface area contributed by atoms with Crippen molar-refractivity contribution < 1.29 is 14.4 Å². The van der Waals surface area contributed by atoms with Crippen LogP contribution < -0.4 is 9.47 Å². The zero-order valence-corrected chi connectivity index (χ0v) is 23.7. The Morgan fingerprint density at radius 3 is 2.54 bits per heavy atom. The highest BCUT2D eigenvalue weighted by atomic mass is 79.9. The quantitative estimate of drug-likeness (QED) is 0.0945. The van der Waals surface area contributed by atoms with E-state index in [2.05, 4.69) is 50.4 Å². The van der Waals surface area contributed by atoms with E-state index >= 15 is 0 Å². The molecule has 5 aromatic rings. The highest BCUT2D eigenvalue weighted by molar-refractivity contribution is 9.10. The third-order valence-electron chi connectivity index (χ3n) is 6.28. The fourth-order valence-electron chi connectivity index (χ4n) is 4.33. The van der Waals surface area contributed by atoms with Gasteiger partial charge < -0.3 is 9.47 Å². The molecule has 0 amide bonds. The van der Waals surface area contributed by atoms with Crippen molar-refractivity contribution >= 4 is 38.5 Å². The molecule has 0 unspecified atom stereocenters. The third-order valence-corrected chi connectivity index (χ3v) is 8.08. The minimum Gasteiger partial charge on any atom is -0.497 e. The summed E-state index contributed by atoms with van der Waals surface area (Å²) in [5.41, 5.74) is 2.71. The second-order valence-electron chi connectivity index (χ2n) is 8.80. The molecule has 1 aromatic heterocycles. The van der Waals surface area contributed by atoms with Crippen LogP contribution in [0.2, 0.25) is 0 Å². The Hall–Kier alpha value is -3.89. The minimum atomic E-state index is -0.496. The smallest absolute Gasteiger partial charge is 0.220 e. The van der Waals surface area contributed by atoms with Gasteiger partial charge in [0, 0.05) is 10.6 Å². The highest BCUT2D eigenvalue weighted by Crippen LogP contribution is 2.39. The van der Waals surface area contributed by atoms with Gasteiger partial charge in [-0.3, -0.25) is 14.7 Å². The molecule has 0 saturated heterocycles. The second kappa shape index (κ2) is 11.9. The Kier molecular flexibility index (Phi) is 8.13. The first-order chi connectivity index (χ1) is 18.9. The van der Waals surface area contributed by atoms with Crippen LogP contribution in [0.15, 0.2) is 94.6 Å². The lowest BCUT2D eigenvalue weighted by Crippen LogP contribution is -2.11. The summed E-state index contributed by atoms with van der Waals surface area (Å²) in [6, 6.07) is 27.4. The van der Waals surface area contributed by atoms with Gasteiger partial charge in [-0.1, -0.05) is 60.3 Å². The molecule has 0 spiro atoms. The predicted octanol–water partition coefficient (Wildman–Crippen LogP) is 7.19. The summed E-state index contributed by atoms with van der Waals surface area (Å²) in [5.74, 6) is 2.08. The molecule has 5 rings (SSSR count). The lowest BCUT2D eigenvalue weighted by Gasteiger charge is -2.16. The number of thioether (sulfide) groups is 1. The van der Waals surface area contributed by atoms with Crippen LogP contribution >= 0.6 is 27.7 Å². The van der Waals surface area contributed by atoms with Crippen molar-refractivity contribution in [3.05, 3.63) is 116 Å². The average molecular weight is 606 g/mol. The van der Waals surface area contributed by atoms with Crippen LogP contribution in [0.1, 0.15) is 22.2 Å². The lowest BCUT2D eigenvalue weighted by atomic mass is 10.1. The summed E-state index contributed by atoms with van der Waals surface area (Å²) >= 11 is 4.91. The van der Waals surface area contributed by atoms with Crippen LogP contribution in [0.3, 0.4) is 0 Å². The Bertz CT molecular complexity index is 1620. The summed E-state index contributed by atoms with van der Waals surface area (Å²) in [6.45, 7) is 1.97. The van der Waals surface area contributed by atoms with Gasteiger partial charge in [0.15, 0.2) is 5.16 Å². The monoisotopic (exact) mass is 604 g/mol. The van der Waals surface area contributed by atoms with E-state index < -0.39 is 5.25 Å². The molecule has 0 bridgehead atoms. The molecule has 198 valence electrons. The molecular weight excluding hydrogens is 580 g/mol. The first kappa shape index (κ1) is 26.7. The van der Waals surface area contributed by atoms with Crippen molar-refractivity contribution in [2.24, 2.45) is 0 Å². The molecule has 0 saturated carbocycles. The van der Waals surface area contributed by atoms with Crippen LogP contribution in [0.5, 0.6) is 11.5 Å². The molecule has 8 nitrogen and oxygen atoms in total. The second-order valence-corrected chi connectivity index (χ2v) is 10.8. The van der Waals surface area contributed by atoms with E-state index in [0.717, 1.165) is 37.8 Å². The average Bonchev–Trinajstić information content (AvgIpc) is 3.31. The van der Waals surface area contributed by atoms with Gasteiger partial charge in [0.1, 0.15) is 29.2 Å². The molecule has 0 aliphatic rings. The van der Waals surface area contributed by atoms with Gasteiger partial charge >= 0.3 is 0 Å². The number of nitro groups is 1. The Morgan fingerprint density at radius 2 is 1.79 bits per heavy atom. The van der Waals surface area contributed by atoms with Gasteiger partial charge in [-0.15, -0.1) is 10.2 Å². The van der Waals surface area contributed by atoms with Crippen LogP contribution in [0, 0.1) is 17.0 Å². The fourth-order valence-corrected chi connectivity index (χ4v) is 6.00. The number of fused-ring (bicyclic) bond motifs is 1. The van der Waals surface area contributed by atoms with E-state index in [-0.39, 0.29) is 11.5 Å². The van der Waals surface area contributed by atoms with E-state index in [1.54, 1.807) is 7.11 Å². The van der Waals surface area contributed by atoms with Gasteiger partial charge in [-0.2, -0.15) is 0 Å². The molecule has 1 atom stereocenters. The number of ether oxygens (including phenoxy) is 2. The molecular formula is C29H25BrN4O4S. The van der Waals surface area contributed by atoms with Gasteiger partial charge in [0.25, 0.3) is 0 Å². The molecule has 0 N–H and O–H groups in total. The summed E-state index contributed by atoms with van der Waals surface area (Å²) in [6.07, 6.45) is 0. The van der Waals surface area contributed by atoms with Crippen molar-refractivity contribution in [1.82, 2.24) is 14.8 Å². The number of methoxy groups -OCH3 is 1. The Morgan fingerprint density at radius 1 is 1.03 bits per heavy atom. The fraction of sp³-hybridized carbons (Fsp3) is 0.172.